The Morgan fingerprint density at radius 1 is 1.30 bits per heavy atom. The minimum atomic E-state index is -0.999. The Hall–Kier alpha value is -2.37. The summed E-state index contributed by atoms with van der Waals surface area (Å²) in [4.78, 5) is 37.0. The standard InChI is InChI=1S/C14H16N2O4/c1-9(17)15(2)10-3-5-11(6-4-10)16-12(14(19)20)7-8-13(16)18/h3-6,12H,7-8H2,1-2H3,(H,19,20)/t12-/m0/s1. The molecule has 0 bridgehead atoms. The van der Waals surface area contributed by atoms with Crippen LogP contribution >= 0.6 is 0 Å². The second kappa shape index (κ2) is 5.32. The van der Waals surface area contributed by atoms with E-state index in [0.29, 0.717) is 17.8 Å². The van der Waals surface area contributed by atoms with Crippen LogP contribution in [-0.2, 0) is 14.4 Å². The van der Waals surface area contributed by atoms with Crippen molar-refractivity contribution in [3.8, 4) is 0 Å². The molecule has 2 rings (SSSR count). The summed E-state index contributed by atoms with van der Waals surface area (Å²) in [7, 11) is 1.65. The zero-order valence-corrected chi connectivity index (χ0v) is 11.4. The lowest BCUT2D eigenvalue weighted by atomic mass is 10.2. The number of hydrogen-bond acceptors (Lipinski definition) is 3. The fourth-order valence-corrected chi connectivity index (χ4v) is 2.26. The van der Waals surface area contributed by atoms with E-state index in [2.05, 4.69) is 0 Å². The van der Waals surface area contributed by atoms with Gasteiger partial charge in [-0.05, 0) is 30.7 Å². The third kappa shape index (κ3) is 2.49. The molecule has 6 nitrogen and oxygen atoms in total. The average Bonchev–Trinajstić information content (AvgIpc) is 2.80. The molecule has 106 valence electrons. The van der Waals surface area contributed by atoms with Crippen LogP contribution in [0.3, 0.4) is 0 Å². The number of anilines is 2. The summed E-state index contributed by atoms with van der Waals surface area (Å²) in [6, 6.07) is 5.91. The predicted octanol–water partition coefficient (Wildman–Crippen LogP) is 1.25. The van der Waals surface area contributed by atoms with Crippen molar-refractivity contribution in [1.29, 1.82) is 0 Å². The van der Waals surface area contributed by atoms with Gasteiger partial charge in [0.25, 0.3) is 0 Å². The second-order valence-electron chi connectivity index (χ2n) is 4.75. The molecule has 0 spiro atoms. The summed E-state index contributed by atoms with van der Waals surface area (Å²) in [6.45, 7) is 1.46. The van der Waals surface area contributed by atoms with Crippen LogP contribution in [0.1, 0.15) is 19.8 Å². The van der Waals surface area contributed by atoms with Crippen LogP contribution in [0.2, 0.25) is 0 Å². The molecular weight excluding hydrogens is 260 g/mol. The quantitative estimate of drug-likeness (QED) is 0.901. The van der Waals surface area contributed by atoms with Gasteiger partial charge in [0.15, 0.2) is 0 Å². The van der Waals surface area contributed by atoms with Gasteiger partial charge in [0.1, 0.15) is 6.04 Å². The Kier molecular flexibility index (Phi) is 3.74. The van der Waals surface area contributed by atoms with Crippen LogP contribution in [0.4, 0.5) is 11.4 Å². The Labute approximate surface area is 116 Å². The smallest absolute Gasteiger partial charge is 0.326 e. The minimum Gasteiger partial charge on any atom is -0.480 e. The van der Waals surface area contributed by atoms with E-state index in [1.54, 1.807) is 31.3 Å². The number of benzene rings is 1. The van der Waals surface area contributed by atoms with E-state index >= 15 is 0 Å². The van der Waals surface area contributed by atoms with Crippen molar-refractivity contribution >= 4 is 29.2 Å². The van der Waals surface area contributed by atoms with Gasteiger partial charge in [0, 0.05) is 31.8 Å². The first-order chi connectivity index (χ1) is 9.41. The predicted molar refractivity (Wildman–Crippen MR) is 73.7 cm³/mol. The Balaban J connectivity index is 2.27. The summed E-state index contributed by atoms with van der Waals surface area (Å²) in [5.41, 5.74) is 1.24. The summed E-state index contributed by atoms with van der Waals surface area (Å²) in [5.74, 6) is -1.29. The molecule has 1 N–H and O–H groups in total. The molecule has 0 unspecified atom stereocenters. The van der Waals surface area contributed by atoms with E-state index in [4.69, 9.17) is 5.11 Å². The van der Waals surface area contributed by atoms with Gasteiger partial charge in [-0.1, -0.05) is 0 Å². The van der Waals surface area contributed by atoms with Crippen molar-refractivity contribution in [2.75, 3.05) is 16.8 Å². The molecule has 1 aromatic carbocycles. The number of amides is 2. The van der Waals surface area contributed by atoms with Gasteiger partial charge in [-0.15, -0.1) is 0 Å². The lowest BCUT2D eigenvalue weighted by Crippen LogP contribution is -2.38. The van der Waals surface area contributed by atoms with Gasteiger partial charge < -0.3 is 10.0 Å². The van der Waals surface area contributed by atoms with Gasteiger partial charge >= 0.3 is 5.97 Å². The molecule has 20 heavy (non-hydrogen) atoms. The van der Waals surface area contributed by atoms with Crippen molar-refractivity contribution in [2.24, 2.45) is 0 Å². The van der Waals surface area contributed by atoms with Crippen LogP contribution in [0.15, 0.2) is 24.3 Å². The van der Waals surface area contributed by atoms with Gasteiger partial charge in [0.2, 0.25) is 11.8 Å². The Bertz CT molecular complexity index is 553. The zero-order chi connectivity index (χ0) is 14.9. The molecule has 0 saturated carbocycles. The third-order valence-electron chi connectivity index (χ3n) is 3.48. The van der Waals surface area contributed by atoms with Crippen LogP contribution in [0.25, 0.3) is 0 Å². The molecule has 2 amide bonds. The second-order valence-corrected chi connectivity index (χ2v) is 4.75. The highest BCUT2D eigenvalue weighted by atomic mass is 16.4. The summed E-state index contributed by atoms with van der Waals surface area (Å²) in [5, 5.41) is 9.13. The third-order valence-corrected chi connectivity index (χ3v) is 3.48. The normalized spacial score (nSPS) is 18.2. The molecule has 1 heterocycles. The van der Waals surface area contributed by atoms with Gasteiger partial charge in [-0.2, -0.15) is 0 Å². The minimum absolute atomic E-state index is 0.0987. The maximum Gasteiger partial charge on any atom is 0.326 e. The molecular formula is C14H16N2O4. The molecule has 1 aliphatic heterocycles. The van der Waals surface area contributed by atoms with E-state index in [-0.39, 0.29) is 18.2 Å². The Morgan fingerprint density at radius 2 is 1.90 bits per heavy atom. The lowest BCUT2D eigenvalue weighted by Gasteiger charge is -2.23. The maximum absolute atomic E-state index is 11.8. The Morgan fingerprint density at radius 3 is 2.40 bits per heavy atom. The number of carboxylic acid groups (broad SMARTS) is 1. The van der Waals surface area contributed by atoms with Crippen molar-refractivity contribution in [1.82, 2.24) is 0 Å². The molecule has 0 radical (unpaired) electrons. The molecule has 0 aromatic heterocycles. The first-order valence-corrected chi connectivity index (χ1v) is 6.31. The van der Waals surface area contributed by atoms with E-state index < -0.39 is 12.0 Å². The first kappa shape index (κ1) is 14.0. The molecule has 1 aromatic rings. The van der Waals surface area contributed by atoms with Crippen LogP contribution in [0, 0.1) is 0 Å². The van der Waals surface area contributed by atoms with Crippen molar-refractivity contribution in [3.63, 3.8) is 0 Å². The fourth-order valence-electron chi connectivity index (χ4n) is 2.26. The highest BCUT2D eigenvalue weighted by molar-refractivity contribution is 6.02. The summed E-state index contributed by atoms with van der Waals surface area (Å²) >= 11 is 0. The van der Waals surface area contributed by atoms with Crippen molar-refractivity contribution in [2.45, 2.75) is 25.8 Å². The first-order valence-electron chi connectivity index (χ1n) is 6.31. The van der Waals surface area contributed by atoms with E-state index in [1.807, 2.05) is 0 Å². The topological polar surface area (TPSA) is 77.9 Å². The van der Waals surface area contributed by atoms with Crippen LogP contribution in [-0.4, -0.2) is 36.0 Å². The number of carbonyl (C=O) groups excluding carboxylic acids is 2. The summed E-state index contributed by atoms with van der Waals surface area (Å²) in [6.07, 6.45) is 0.565. The van der Waals surface area contributed by atoms with Gasteiger partial charge in [0.05, 0.1) is 0 Å². The van der Waals surface area contributed by atoms with Crippen LogP contribution in [0.5, 0.6) is 0 Å². The van der Waals surface area contributed by atoms with Crippen molar-refractivity contribution < 1.29 is 19.5 Å². The maximum atomic E-state index is 11.8. The molecule has 6 heteroatoms. The number of hydrogen-bond donors (Lipinski definition) is 1. The zero-order valence-electron chi connectivity index (χ0n) is 11.4. The highest BCUT2D eigenvalue weighted by Crippen LogP contribution is 2.28. The monoisotopic (exact) mass is 276 g/mol. The van der Waals surface area contributed by atoms with E-state index in [0.717, 1.165) is 0 Å². The van der Waals surface area contributed by atoms with Gasteiger partial charge in [-0.25, -0.2) is 4.79 Å². The van der Waals surface area contributed by atoms with Crippen molar-refractivity contribution in [3.05, 3.63) is 24.3 Å². The number of carboxylic acids is 1. The lowest BCUT2D eigenvalue weighted by molar-refractivity contribution is -0.138. The van der Waals surface area contributed by atoms with Gasteiger partial charge in [-0.3, -0.25) is 14.5 Å². The van der Waals surface area contributed by atoms with Crippen LogP contribution < -0.4 is 9.80 Å². The number of aliphatic carboxylic acids is 1. The number of carbonyl (C=O) groups is 3. The molecule has 0 aliphatic carbocycles. The number of rotatable bonds is 3. The fraction of sp³-hybridized carbons (Fsp3) is 0.357. The SMILES string of the molecule is CC(=O)N(C)c1ccc(N2C(=O)CC[C@H]2C(=O)O)cc1. The molecule has 1 saturated heterocycles. The summed E-state index contributed by atoms with van der Waals surface area (Å²) < 4.78 is 0. The largest absolute Gasteiger partial charge is 0.480 e. The molecule has 1 aliphatic rings. The van der Waals surface area contributed by atoms with E-state index in [9.17, 15) is 14.4 Å². The number of nitrogens with zero attached hydrogens (tertiary/aromatic N) is 2. The highest BCUT2D eigenvalue weighted by Gasteiger charge is 2.36. The van der Waals surface area contributed by atoms with E-state index in [1.165, 1.54) is 16.7 Å². The molecule has 1 fully saturated rings. The average molecular weight is 276 g/mol. The molecule has 1 atom stereocenters.